The Morgan fingerprint density at radius 2 is 1.74 bits per heavy atom. The molecule has 2 rings (SSSR count). The van der Waals surface area contributed by atoms with Gasteiger partial charge in [0.25, 0.3) is 0 Å². The fourth-order valence-electron chi connectivity index (χ4n) is 1.90. The molecule has 0 spiro atoms. The van der Waals surface area contributed by atoms with E-state index in [-0.39, 0.29) is 6.61 Å². The lowest BCUT2D eigenvalue weighted by molar-refractivity contribution is 0.126. The van der Waals surface area contributed by atoms with Gasteiger partial charge in [-0.3, -0.25) is 0 Å². The van der Waals surface area contributed by atoms with Crippen LogP contribution in [0.3, 0.4) is 0 Å². The van der Waals surface area contributed by atoms with Crippen molar-refractivity contribution in [2.45, 2.75) is 17.4 Å². The molecule has 0 aliphatic heterocycles. The summed E-state index contributed by atoms with van der Waals surface area (Å²) in [4.78, 5) is 1.07. The van der Waals surface area contributed by atoms with Crippen LogP contribution in [0.1, 0.15) is 5.56 Å². The van der Waals surface area contributed by atoms with Crippen LogP contribution in [0.15, 0.2) is 53.4 Å². The average Bonchev–Trinajstić information content (AvgIpc) is 2.60. The van der Waals surface area contributed by atoms with Gasteiger partial charge in [0.05, 0.1) is 25.7 Å². The number of rotatable bonds is 8. The predicted octanol–water partition coefficient (Wildman–Crippen LogP) is 3.29. The Morgan fingerprint density at radius 1 is 1.09 bits per heavy atom. The zero-order chi connectivity index (χ0) is 16.5. The Labute approximate surface area is 140 Å². The van der Waals surface area contributed by atoms with E-state index in [0.29, 0.717) is 17.9 Å². The monoisotopic (exact) mass is 329 g/mol. The lowest BCUT2D eigenvalue weighted by atomic mass is 10.2. The molecule has 0 amide bonds. The summed E-state index contributed by atoms with van der Waals surface area (Å²) in [5.74, 6) is 2.07. The molecule has 0 heterocycles. The Bertz CT molecular complexity index is 635. The van der Waals surface area contributed by atoms with Crippen LogP contribution < -0.4 is 9.47 Å². The first kappa shape index (κ1) is 17.2. The van der Waals surface area contributed by atoms with Crippen LogP contribution in [0.4, 0.5) is 0 Å². The number of aliphatic hydroxyl groups excluding tert-OH is 1. The van der Waals surface area contributed by atoms with Gasteiger partial charge in [-0.25, -0.2) is 0 Å². The van der Waals surface area contributed by atoms with Crippen LogP contribution in [-0.2, 0) is 6.42 Å². The van der Waals surface area contributed by atoms with Crippen LogP contribution in [-0.4, -0.2) is 30.7 Å². The molecule has 0 aromatic heterocycles. The second-order valence-electron chi connectivity index (χ2n) is 4.93. The van der Waals surface area contributed by atoms with Gasteiger partial charge in [-0.2, -0.15) is 5.26 Å². The Balaban J connectivity index is 1.73. The molecule has 0 bridgehead atoms. The quantitative estimate of drug-likeness (QED) is 0.753. The molecule has 0 aliphatic rings. The zero-order valence-corrected chi connectivity index (χ0v) is 13.8. The zero-order valence-electron chi connectivity index (χ0n) is 12.9. The highest BCUT2D eigenvalue weighted by Crippen LogP contribution is 2.22. The average molecular weight is 329 g/mol. The van der Waals surface area contributed by atoms with E-state index in [2.05, 4.69) is 6.07 Å². The molecule has 2 aromatic carbocycles. The molecule has 0 radical (unpaired) electrons. The highest BCUT2D eigenvalue weighted by molar-refractivity contribution is 7.99. The molecule has 2 aromatic rings. The van der Waals surface area contributed by atoms with Gasteiger partial charge < -0.3 is 14.6 Å². The minimum Gasteiger partial charge on any atom is -0.497 e. The van der Waals surface area contributed by atoms with E-state index in [1.165, 1.54) is 0 Å². The van der Waals surface area contributed by atoms with Crippen molar-refractivity contribution >= 4 is 11.8 Å². The summed E-state index contributed by atoms with van der Waals surface area (Å²) < 4.78 is 10.7. The number of thioether (sulfide) groups is 1. The molecular weight excluding hydrogens is 310 g/mol. The van der Waals surface area contributed by atoms with E-state index < -0.39 is 6.10 Å². The van der Waals surface area contributed by atoms with E-state index in [4.69, 9.17) is 14.7 Å². The molecule has 0 aliphatic carbocycles. The SMILES string of the molecule is COc1ccc(SCC(O)COc2ccc(CC#N)cc2)cc1. The number of ether oxygens (including phenoxy) is 2. The predicted molar refractivity (Wildman–Crippen MR) is 91.0 cm³/mol. The smallest absolute Gasteiger partial charge is 0.119 e. The third-order valence-electron chi connectivity index (χ3n) is 3.15. The van der Waals surface area contributed by atoms with Crippen LogP contribution in [0, 0.1) is 11.3 Å². The van der Waals surface area contributed by atoms with Gasteiger partial charge in [-0.05, 0) is 42.0 Å². The summed E-state index contributed by atoms with van der Waals surface area (Å²) in [6.45, 7) is 0.237. The minimum atomic E-state index is -0.555. The topological polar surface area (TPSA) is 62.5 Å². The summed E-state index contributed by atoms with van der Waals surface area (Å²) >= 11 is 1.57. The number of benzene rings is 2. The van der Waals surface area contributed by atoms with Crippen LogP contribution in [0.2, 0.25) is 0 Å². The fourth-order valence-corrected chi connectivity index (χ4v) is 2.71. The summed E-state index contributed by atoms with van der Waals surface area (Å²) in [5, 5.41) is 18.6. The maximum atomic E-state index is 10.00. The first-order valence-electron chi connectivity index (χ1n) is 7.25. The molecule has 0 fully saturated rings. The summed E-state index contributed by atoms with van der Waals surface area (Å²) in [7, 11) is 1.64. The van der Waals surface area contributed by atoms with Crippen LogP contribution in [0.5, 0.6) is 11.5 Å². The largest absolute Gasteiger partial charge is 0.497 e. The third kappa shape index (κ3) is 5.85. The first-order valence-corrected chi connectivity index (χ1v) is 8.23. The highest BCUT2D eigenvalue weighted by Gasteiger charge is 2.07. The Morgan fingerprint density at radius 3 is 2.35 bits per heavy atom. The van der Waals surface area contributed by atoms with Gasteiger partial charge in [-0.1, -0.05) is 12.1 Å². The second-order valence-corrected chi connectivity index (χ2v) is 6.02. The summed E-state index contributed by atoms with van der Waals surface area (Å²) in [6, 6.07) is 17.2. The van der Waals surface area contributed by atoms with Crippen LogP contribution >= 0.6 is 11.8 Å². The second kappa shape index (κ2) is 9.09. The van der Waals surface area contributed by atoms with Gasteiger partial charge in [0, 0.05) is 10.6 Å². The van der Waals surface area contributed by atoms with E-state index in [1.54, 1.807) is 18.9 Å². The number of nitriles is 1. The molecule has 23 heavy (non-hydrogen) atoms. The van der Waals surface area contributed by atoms with E-state index in [9.17, 15) is 5.11 Å². The van der Waals surface area contributed by atoms with Gasteiger partial charge in [-0.15, -0.1) is 11.8 Å². The van der Waals surface area contributed by atoms with Gasteiger partial charge in [0.2, 0.25) is 0 Å². The molecule has 1 unspecified atom stereocenters. The molecule has 1 N–H and O–H groups in total. The molecule has 0 saturated carbocycles. The number of nitrogens with zero attached hydrogens (tertiary/aromatic N) is 1. The standard InChI is InChI=1S/C18H19NO3S/c1-21-16-6-8-18(9-7-16)23-13-15(20)12-22-17-4-2-14(3-5-17)10-11-19/h2-9,15,20H,10,12-13H2,1H3. The minimum absolute atomic E-state index is 0.237. The van der Waals surface area contributed by atoms with Gasteiger partial charge in [0.1, 0.15) is 18.1 Å². The Hall–Kier alpha value is -2.16. The van der Waals surface area contributed by atoms with Crippen molar-refractivity contribution in [1.82, 2.24) is 0 Å². The van der Waals surface area contributed by atoms with Crippen molar-refractivity contribution in [2.75, 3.05) is 19.5 Å². The Kier molecular flexibility index (Phi) is 6.79. The van der Waals surface area contributed by atoms with E-state index in [1.807, 2.05) is 48.5 Å². The van der Waals surface area contributed by atoms with Gasteiger partial charge in [0.15, 0.2) is 0 Å². The van der Waals surface area contributed by atoms with Crippen molar-refractivity contribution in [3.8, 4) is 17.6 Å². The molecule has 4 nitrogen and oxygen atoms in total. The number of hydrogen-bond acceptors (Lipinski definition) is 5. The number of aliphatic hydroxyl groups is 1. The molecular formula is C18H19NO3S. The third-order valence-corrected chi connectivity index (χ3v) is 4.31. The normalized spacial score (nSPS) is 11.5. The van der Waals surface area contributed by atoms with Crippen molar-refractivity contribution in [2.24, 2.45) is 0 Å². The fraction of sp³-hybridized carbons (Fsp3) is 0.278. The van der Waals surface area contributed by atoms with Crippen molar-refractivity contribution in [3.05, 3.63) is 54.1 Å². The maximum Gasteiger partial charge on any atom is 0.119 e. The maximum absolute atomic E-state index is 10.00. The van der Waals surface area contributed by atoms with Crippen molar-refractivity contribution < 1.29 is 14.6 Å². The van der Waals surface area contributed by atoms with Crippen LogP contribution in [0.25, 0.3) is 0 Å². The summed E-state index contributed by atoms with van der Waals surface area (Å²) in [5.41, 5.74) is 0.954. The lowest BCUT2D eigenvalue weighted by Crippen LogP contribution is -2.20. The number of methoxy groups -OCH3 is 1. The molecule has 120 valence electrons. The summed E-state index contributed by atoms with van der Waals surface area (Å²) in [6.07, 6.45) is -0.164. The first-order chi connectivity index (χ1) is 11.2. The molecule has 1 atom stereocenters. The highest BCUT2D eigenvalue weighted by atomic mass is 32.2. The molecule has 5 heteroatoms. The molecule has 0 saturated heterocycles. The van der Waals surface area contributed by atoms with Gasteiger partial charge >= 0.3 is 0 Å². The van der Waals surface area contributed by atoms with E-state index >= 15 is 0 Å². The van der Waals surface area contributed by atoms with Crippen molar-refractivity contribution in [1.29, 1.82) is 5.26 Å². The lowest BCUT2D eigenvalue weighted by Gasteiger charge is -2.12. The number of hydrogen-bond donors (Lipinski definition) is 1. The van der Waals surface area contributed by atoms with E-state index in [0.717, 1.165) is 16.2 Å². The van der Waals surface area contributed by atoms with Crippen molar-refractivity contribution in [3.63, 3.8) is 0 Å².